The Labute approximate surface area is 106 Å². The van der Waals surface area contributed by atoms with Crippen LogP contribution in [0.5, 0.6) is 0 Å². The second kappa shape index (κ2) is 4.37. The highest BCUT2D eigenvalue weighted by molar-refractivity contribution is 6.09. The zero-order valence-electron chi connectivity index (χ0n) is 10.1. The molecule has 0 atom stereocenters. The largest absolute Gasteiger partial charge is 0.299 e. The fourth-order valence-electron chi connectivity index (χ4n) is 2.69. The van der Waals surface area contributed by atoms with Gasteiger partial charge in [0.25, 0.3) is 0 Å². The zero-order valence-corrected chi connectivity index (χ0v) is 10.1. The molecule has 0 saturated heterocycles. The second-order valence-corrected chi connectivity index (χ2v) is 4.83. The molecule has 0 N–H and O–H groups in total. The van der Waals surface area contributed by atoms with Gasteiger partial charge in [-0.15, -0.1) is 0 Å². The number of hydrogen-bond acceptors (Lipinski definition) is 2. The quantitative estimate of drug-likeness (QED) is 0.754. The Morgan fingerprint density at radius 1 is 0.889 bits per heavy atom. The molecule has 0 bridgehead atoms. The molecule has 2 heteroatoms. The maximum absolute atomic E-state index is 11.7. The number of benzene rings is 2. The van der Waals surface area contributed by atoms with Gasteiger partial charge >= 0.3 is 0 Å². The van der Waals surface area contributed by atoms with Crippen molar-refractivity contribution in [2.45, 2.75) is 19.3 Å². The summed E-state index contributed by atoms with van der Waals surface area (Å²) in [4.78, 5) is 23.4. The second-order valence-electron chi connectivity index (χ2n) is 4.83. The van der Waals surface area contributed by atoms with Gasteiger partial charge in [0.1, 0.15) is 11.6 Å². The molecule has 18 heavy (non-hydrogen) atoms. The average molecular weight is 238 g/mol. The van der Waals surface area contributed by atoms with Crippen molar-refractivity contribution in [2.24, 2.45) is 5.92 Å². The van der Waals surface area contributed by atoms with Crippen molar-refractivity contribution >= 4 is 22.3 Å². The predicted molar refractivity (Wildman–Crippen MR) is 70.4 cm³/mol. The minimum atomic E-state index is -0.407. The lowest BCUT2D eigenvalue weighted by Crippen LogP contribution is -2.17. The molecule has 0 spiro atoms. The molecule has 1 saturated carbocycles. The molecule has 0 aliphatic heterocycles. The van der Waals surface area contributed by atoms with Crippen LogP contribution in [0.15, 0.2) is 42.5 Å². The van der Waals surface area contributed by atoms with E-state index in [1.54, 1.807) is 0 Å². The van der Waals surface area contributed by atoms with Crippen LogP contribution in [0.2, 0.25) is 0 Å². The normalized spacial score (nSPS) is 16.7. The van der Waals surface area contributed by atoms with Gasteiger partial charge in [0.15, 0.2) is 0 Å². The van der Waals surface area contributed by atoms with Crippen molar-refractivity contribution in [3.8, 4) is 0 Å². The van der Waals surface area contributed by atoms with E-state index in [1.165, 1.54) is 0 Å². The molecule has 1 aliphatic carbocycles. The Kier molecular flexibility index (Phi) is 2.71. The van der Waals surface area contributed by atoms with Crippen molar-refractivity contribution in [3.63, 3.8) is 0 Å². The van der Waals surface area contributed by atoms with Crippen molar-refractivity contribution in [2.75, 3.05) is 0 Å². The molecule has 0 heterocycles. The molecule has 1 aliphatic rings. The summed E-state index contributed by atoms with van der Waals surface area (Å²) in [6, 6.07) is 14.1. The summed E-state index contributed by atoms with van der Waals surface area (Å²) in [6.07, 6.45) is 1.40. The van der Waals surface area contributed by atoms with E-state index in [0.717, 1.165) is 16.3 Å². The average Bonchev–Trinajstić information content (AvgIpc) is 2.71. The first-order valence-electron chi connectivity index (χ1n) is 6.28. The summed E-state index contributed by atoms with van der Waals surface area (Å²) < 4.78 is 0. The van der Waals surface area contributed by atoms with Crippen LogP contribution in [0.1, 0.15) is 18.4 Å². The standard InChI is InChI=1S/C16H14O2/c17-15-8-9-16(18)14(15)10-12-6-3-5-11-4-1-2-7-13(11)12/h1-7,14H,8-10H2. The number of carbonyl (C=O) groups is 2. The van der Waals surface area contributed by atoms with E-state index in [-0.39, 0.29) is 11.6 Å². The lowest BCUT2D eigenvalue weighted by molar-refractivity contribution is -0.127. The van der Waals surface area contributed by atoms with Gasteiger partial charge in [0.2, 0.25) is 0 Å². The van der Waals surface area contributed by atoms with E-state index in [1.807, 2.05) is 24.3 Å². The Balaban J connectivity index is 2.00. The first-order chi connectivity index (χ1) is 8.75. The molecule has 0 radical (unpaired) electrons. The topological polar surface area (TPSA) is 34.1 Å². The predicted octanol–water partition coefficient (Wildman–Crippen LogP) is 2.93. The highest BCUT2D eigenvalue weighted by Crippen LogP contribution is 2.26. The first-order valence-corrected chi connectivity index (χ1v) is 6.28. The summed E-state index contributed by atoms with van der Waals surface area (Å²) in [6.45, 7) is 0. The molecular weight excluding hydrogens is 224 g/mol. The lowest BCUT2D eigenvalue weighted by Gasteiger charge is -2.10. The van der Waals surface area contributed by atoms with E-state index >= 15 is 0 Å². The number of hydrogen-bond donors (Lipinski definition) is 0. The number of fused-ring (bicyclic) bond motifs is 1. The molecule has 2 nitrogen and oxygen atoms in total. The van der Waals surface area contributed by atoms with Gasteiger partial charge < -0.3 is 0 Å². The number of rotatable bonds is 2. The van der Waals surface area contributed by atoms with Gasteiger partial charge in [-0.1, -0.05) is 42.5 Å². The monoisotopic (exact) mass is 238 g/mol. The van der Waals surface area contributed by atoms with Crippen LogP contribution in [-0.4, -0.2) is 11.6 Å². The molecule has 0 aromatic heterocycles. The van der Waals surface area contributed by atoms with Crippen LogP contribution < -0.4 is 0 Å². The third-order valence-corrected chi connectivity index (χ3v) is 3.70. The summed E-state index contributed by atoms with van der Waals surface area (Å²) in [5.74, 6) is -0.198. The number of carbonyl (C=O) groups excluding carboxylic acids is 2. The summed E-state index contributed by atoms with van der Waals surface area (Å²) in [7, 11) is 0. The Bertz CT molecular complexity index is 607. The maximum atomic E-state index is 11.7. The van der Waals surface area contributed by atoms with Crippen molar-refractivity contribution in [1.82, 2.24) is 0 Å². The van der Waals surface area contributed by atoms with Gasteiger partial charge in [-0.25, -0.2) is 0 Å². The minimum Gasteiger partial charge on any atom is -0.299 e. The molecule has 90 valence electrons. The molecule has 1 fully saturated rings. The molecule has 0 amide bonds. The molecule has 2 aromatic carbocycles. The summed E-state index contributed by atoms with van der Waals surface area (Å²) in [5, 5.41) is 2.31. The van der Waals surface area contributed by atoms with E-state index < -0.39 is 5.92 Å². The molecule has 0 unspecified atom stereocenters. The van der Waals surface area contributed by atoms with Crippen LogP contribution in [0.25, 0.3) is 10.8 Å². The van der Waals surface area contributed by atoms with Crippen molar-refractivity contribution in [1.29, 1.82) is 0 Å². The van der Waals surface area contributed by atoms with Gasteiger partial charge in [-0.05, 0) is 22.8 Å². The van der Waals surface area contributed by atoms with E-state index in [4.69, 9.17) is 0 Å². The van der Waals surface area contributed by atoms with Crippen LogP contribution in [0.4, 0.5) is 0 Å². The number of ketones is 2. The third kappa shape index (κ3) is 1.84. The molecular formula is C16H14O2. The highest BCUT2D eigenvalue weighted by Gasteiger charge is 2.32. The van der Waals surface area contributed by atoms with E-state index in [2.05, 4.69) is 18.2 Å². The minimum absolute atomic E-state index is 0.105. The van der Waals surface area contributed by atoms with Gasteiger partial charge in [0, 0.05) is 12.8 Å². The van der Waals surface area contributed by atoms with Gasteiger partial charge in [-0.3, -0.25) is 9.59 Å². The SMILES string of the molecule is O=C1CCC(=O)C1Cc1cccc2ccccc12. The fraction of sp³-hybridized carbons (Fsp3) is 0.250. The van der Waals surface area contributed by atoms with Crippen LogP contribution >= 0.6 is 0 Å². The van der Waals surface area contributed by atoms with E-state index in [0.29, 0.717) is 19.3 Å². The molecule has 2 aromatic rings. The molecule has 3 rings (SSSR count). The maximum Gasteiger partial charge on any atom is 0.144 e. The van der Waals surface area contributed by atoms with Crippen molar-refractivity contribution < 1.29 is 9.59 Å². The van der Waals surface area contributed by atoms with Crippen LogP contribution in [0, 0.1) is 5.92 Å². The fourth-order valence-corrected chi connectivity index (χ4v) is 2.69. The van der Waals surface area contributed by atoms with Gasteiger partial charge in [0.05, 0.1) is 5.92 Å². The Hall–Kier alpha value is -1.96. The third-order valence-electron chi connectivity index (χ3n) is 3.70. The van der Waals surface area contributed by atoms with Crippen LogP contribution in [0.3, 0.4) is 0 Å². The summed E-state index contributed by atoms with van der Waals surface area (Å²) >= 11 is 0. The van der Waals surface area contributed by atoms with Crippen molar-refractivity contribution in [3.05, 3.63) is 48.0 Å². The zero-order chi connectivity index (χ0) is 12.5. The lowest BCUT2D eigenvalue weighted by atomic mass is 9.93. The number of Topliss-reactive ketones (excluding diaryl/α,β-unsaturated/α-hetero) is 2. The van der Waals surface area contributed by atoms with E-state index in [9.17, 15) is 9.59 Å². The van der Waals surface area contributed by atoms with Gasteiger partial charge in [-0.2, -0.15) is 0 Å². The Morgan fingerprint density at radius 3 is 2.33 bits per heavy atom. The Morgan fingerprint density at radius 2 is 1.56 bits per heavy atom. The smallest absolute Gasteiger partial charge is 0.144 e. The first kappa shape index (κ1) is 11.1. The summed E-state index contributed by atoms with van der Waals surface area (Å²) in [5.41, 5.74) is 1.10. The highest BCUT2D eigenvalue weighted by atomic mass is 16.2. The van der Waals surface area contributed by atoms with Crippen LogP contribution in [-0.2, 0) is 16.0 Å².